The number of ether oxygens (including phenoxy) is 1. The number of hydrogen-bond donors (Lipinski definition) is 2. The Labute approximate surface area is 123 Å². The van der Waals surface area contributed by atoms with Gasteiger partial charge in [0.05, 0.1) is 10.6 Å². The van der Waals surface area contributed by atoms with Crippen LogP contribution in [0, 0.1) is 10.1 Å². The van der Waals surface area contributed by atoms with E-state index >= 15 is 0 Å². The zero-order chi connectivity index (χ0) is 14.5. The Morgan fingerprint density at radius 1 is 1.25 bits per heavy atom. The van der Waals surface area contributed by atoms with Crippen molar-refractivity contribution in [3.8, 4) is 5.75 Å². The summed E-state index contributed by atoms with van der Waals surface area (Å²) in [6.45, 7) is 0.183. The number of nitro groups is 1. The van der Waals surface area contributed by atoms with Gasteiger partial charge in [0.25, 0.3) is 5.69 Å². The lowest BCUT2D eigenvalue weighted by Gasteiger charge is -2.10. The average molecular weight is 338 g/mol. The number of nitrogens with one attached hydrogen (secondary N) is 1. The number of nitrogen functional groups attached to an aromatic ring is 1. The number of non-ortho nitro benzene ring substituents is 1. The van der Waals surface area contributed by atoms with Crippen LogP contribution in [-0.4, -0.2) is 4.92 Å². The molecule has 0 spiro atoms. The molecular formula is C13H12BrN3O3. The van der Waals surface area contributed by atoms with E-state index in [1.807, 2.05) is 12.1 Å². The molecule has 104 valence electrons. The molecule has 6 nitrogen and oxygen atoms in total. The van der Waals surface area contributed by atoms with Crippen molar-refractivity contribution in [1.82, 2.24) is 0 Å². The van der Waals surface area contributed by atoms with Crippen LogP contribution >= 0.6 is 15.9 Å². The molecule has 0 unspecified atom stereocenters. The van der Waals surface area contributed by atoms with Crippen molar-refractivity contribution in [3.63, 3.8) is 0 Å². The molecule has 0 fully saturated rings. The second-order valence-corrected chi connectivity index (χ2v) is 4.90. The minimum atomic E-state index is -0.455. The number of nitrogens with two attached hydrogens (primary N) is 1. The normalized spacial score (nSPS) is 10.1. The molecule has 3 N–H and O–H groups in total. The van der Waals surface area contributed by atoms with E-state index in [1.165, 1.54) is 12.1 Å². The van der Waals surface area contributed by atoms with Crippen molar-refractivity contribution in [2.24, 2.45) is 5.84 Å². The largest absolute Gasteiger partial charge is 0.489 e. The minimum absolute atomic E-state index is 0.00148. The Kier molecular flexibility index (Phi) is 4.54. The fraction of sp³-hybridized carbons (Fsp3) is 0.0769. The van der Waals surface area contributed by atoms with Crippen molar-refractivity contribution in [2.45, 2.75) is 6.61 Å². The summed E-state index contributed by atoms with van der Waals surface area (Å²) in [5.74, 6) is 6.05. The van der Waals surface area contributed by atoms with Crippen molar-refractivity contribution in [1.29, 1.82) is 0 Å². The maximum atomic E-state index is 10.8. The van der Waals surface area contributed by atoms with Crippen LogP contribution in [0.4, 0.5) is 11.4 Å². The number of nitrogens with zero attached hydrogens (tertiary/aromatic N) is 1. The number of anilines is 1. The van der Waals surface area contributed by atoms with Gasteiger partial charge in [-0.05, 0) is 30.3 Å². The molecule has 0 aliphatic heterocycles. The van der Waals surface area contributed by atoms with Crippen molar-refractivity contribution in [2.75, 3.05) is 5.43 Å². The second-order valence-electron chi connectivity index (χ2n) is 3.99. The lowest BCUT2D eigenvalue weighted by molar-refractivity contribution is -0.384. The standard InChI is InChI=1S/C13H12BrN3O3/c14-10-1-4-12(5-2-10)20-8-9-7-11(17(18)19)3-6-13(9)16-15/h1-7,16H,8,15H2. The predicted molar refractivity (Wildman–Crippen MR) is 79.4 cm³/mol. The molecule has 0 bridgehead atoms. The molecule has 0 saturated heterocycles. The van der Waals surface area contributed by atoms with E-state index in [0.29, 0.717) is 17.0 Å². The average Bonchev–Trinajstić information content (AvgIpc) is 2.46. The monoisotopic (exact) mass is 337 g/mol. The van der Waals surface area contributed by atoms with Crippen LogP contribution in [0.15, 0.2) is 46.9 Å². The van der Waals surface area contributed by atoms with Gasteiger partial charge in [-0.2, -0.15) is 0 Å². The molecular weight excluding hydrogens is 326 g/mol. The Bertz CT molecular complexity index is 617. The van der Waals surface area contributed by atoms with Gasteiger partial charge in [0.1, 0.15) is 12.4 Å². The third-order valence-corrected chi connectivity index (χ3v) is 3.19. The summed E-state index contributed by atoms with van der Waals surface area (Å²) in [5.41, 5.74) is 3.70. The Morgan fingerprint density at radius 3 is 2.55 bits per heavy atom. The molecule has 0 aliphatic rings. The highest BCUT2D eigenvalue weighted by atomic mass is 79.9. The fourth-order valence-corrected chi connectivity index (χ4v) is 1.91. The van der Waals surface area contributed by atoms with Gasteiger partial charge in [-0.25, -0.2) is 0 Å². The molecule has 0 heterocycles. The maximum absolute atomic E-state index is 10.8. The van der Waals surface area contributed by atoms with Crippen molar-refractivity contribution < 1.29 is 9.66 Å². The van der Waals surface area contributed by atoms with E-state index in [4.69, 9.17) is 10.6 Å². The summed E-state index contributed by atoms with van der Waals surface area (Å²) in [7, 11) is 0. The lowest BCUT2D eigenvalue weighted by Crippen LogP contribution is -2.10. The highest BCUT2D eigenvalue weighted by molar-refractivity contribution is 9.10. The van der Waals surface area contributed by atoms with Gasteiger partial charge in [-0.1, -0.05) is 15.9 Å². The molecule has 0 aliphatic carbocycles. The van der Waals surface area contributed by atoms with Crippen LogP contribution in [0.5, 0.6) is 5.75 Å². The first-order valence-electron chi connectivity index (χ1n) is 5.72. The summed E-state index contributed by atoms with van der Waals surface area (Å²) < 4.78 is 6.53. The first-order valence-corrected chi connectivity index (χ1v) is 6.52. The van der Waals surface area contributed by atoms with E-state index in [1.54, 1.807) is 18.2 Å². The van der Waals surface area contributed by atoms with Crippen LogP contribution < -0.4 is 16.0 Å². The number of hydrazine groups is 1. The molecule has 20 heavy (non-hydrogen) atoms. The van der Waals surface area contributed by atoms with Crippen LogP contribution in [-0.2, 0) is 6.61 Å². The van der Waals surface area contributed by atoms with E-state index < -0.39 is 4.92 Å². The summed E-state index contributed by atoms with van der Waals surface area (Å²) in [6.07, 6.45) is 0. The SMILES string of the molecule is NNc1ccc([N+](=O)[O-])cc1COc1ccc(Br)cc1. The van der Waals surface area contributed by atoms with Gasteiger partial charge in [0, 0.05) is 22.2 Å². The maximum Gasteiger partial charge on any atom is 0.269 e. The Hall–Kier alpha value is -2.12. The molecule has 0 aromatic heterocycles. The van der Waals surface area contributed by atoms with Crippen molar-refractivity contribution in [3.05, 3.63) is 62.6 Å². The zero-order valence-electron chi connectivity index (χ0n) is 10.4. The number of hydrogen-bond acceptors (Lipinski definition) is 5. The number of benzene rings is 2. The fourth-order valence-electron chi connectivity index (χ4n) is 1.65. The summed E-state index contributed by atoms with van der Waals surface area (Å²) in [6, 6.07) is 11.7. The molecule has 2 aromatic rings. The third kappa shape index (κ3) is 3.46. The summed E-state index contributed by atoms with van der Waals surface area (Å²) >= 11 is 3.33. The first-order chi connectivity index (χ1) is 9.60. The number of rotatable bonds is 5. The molecule has 2 aromatic carbocycles. The smallest absolute Gasteiger partial charge is 0.269 e. The minimum Gasteiger partial charge on any atom is -0.489 e. The topological polar surface area (TPSA) is 90.4 Å². The number of nitro benzene ring substituents is 1. The quantitative estimate of drug-likeness (QED) is 0.496. The summed E-state index contributed by atoms with van der Waals surface area (Å²) in [5, 5.41) is 10.8. The van der Waals surface area contributed by atoms with E-state index in [9.17, 15) is 10.1 Å². The van der Waals surface area contributed by atoms with Crippen LogP contribution in [0.2, 0.25) is 0 Å². The van der Waals surface area contributed by atoms with Gasteiger partial charge in [0.15, 0.2) is 0 Å². The van der Waals surface area contributed by atoms with E-state index in [-0.39, 0.29) is 12.3 Å². The Morgan fingerprint density at radius 2 is 1.95 bits per heavy atom. The third-order valence-electron chi connectivity index (χ3n) is 2.66. The van der Waals surface area contributed by atoms with E-state index in [2.05, 4.69) is 21.4 Å². The predicted octanol–water partition coefficient (Wildman–Crippen LogP) is 3.22. The highest BCUT2D eigenvalue weighted by Gasteiger charge is 2.10. The molecule has 0 saturated carbocycles. The second kappa shape index (κ2) is 6.36. The number of halogens is 1. The van der Waals surface area contributed by atoms with Crippen LogP contribution in [0.25, 0.3) is 0 Å². The van der Waals surface area contributed by atoms with Crippen LogP contribution in [0.1, 0.15) is 5.56 Å². The summed E-state index contributed by atoms with van der Waals surface area (Å²) in [4.78, 5) is 10.3. The van der Waals surface area contributed by atoms with Gasteiger partial charge in [-0.3, -0.25) is 16.0 Å². The molecule has 7 heteroatoms. The van der Waals surface area contributed by atoms with Gasteiger partial charge < -0.3 is 10.2 Å². The van der Waals surface area contributed by atoms with E-state index in [0.717, 1.165) is 4.47 Å². The van der Waals surface area contributed by atoms with Crippen LogP contribution in [0.3, 0.4) is 0 Å². The van der Waals surface area contributed by atoms with Gasteiger partial charge in [-0.15, -0.1) is 0 Å². The molecule has 0 atom stereocenters. The first kappa shape index (κ1) is 14.3. The van der Waals surface area contributed by atoms with Crippen molar-refractivity contribution >= 4 is 27.3 Å². The molecule has 0 radical (unpaired) electrons. The lowest BCUT2D eigenvalue weighted by atomic mass is 10.1. The van der Waals surface area contributed by atoms with Gasteiger partial charge >= 0.3 is 0 Å². The van der Waals surface area contributed by atoms with Gasteiger partial charge in [0.2, 0.25) is 0 Å². The molecule has 2 rings (SSSR count). The highest BCUT2D eigenvalue weighted by Crippen LogP contribution is 2.24. The Balaban J connectivity index is 2.16. The molecule has 0 amide bonds. The zero-order valence-corrected chi connectivity index (χ0v) is 12.0.